The topological polar surface area (TPSA) is 60.6 Å². The van der Waals surface area contributed by atoms with E-state index in [0.29, 0.717) is 12.2 Å². The van der Waals surface area contributed by atoms with Crippen LogP contribution in [-0.2, 0) is 11.8 Å². The molecule has 0 unspecified atom stereocenters. The zero-order chi connectivity index (χ0) is 12.8. The van der Waals surface area contributed by atoms with Gasteiger partial charge in [-0.2, -0.15) is 5.10 Å². The number of carbonyl (C=O) groups is 1. The van der Waals surface area contributed by atoms with E-state index in [1.165, 1.54) is 0 Å². The van der Waals surface area contributed by atoms with Crippen LogP contribution in [0.15, 0.2) is 12.3 Å². The van der Waals surface area contributed by atoms with E-state index in [-0.39, 0.29) is 5.91 Å². The molecule has 0 radical (unpaired) electrons. The number of hydrogen-bond donors (Lipinski definition) is 2. The van der Waals surface area contributed by atoms with Crippen LogP contribution in [0.3, 0.4) is 0 Å². The number of aryl methyl sites for hydroxylation is 1. The smallest absolute Gasteiger partial charge is 0.271 e. The molecule has 6 nitrogen and oxygen atoms in total. The third-order valence-corrected chi connectivity index (χ3v) is 3.14. The highest BCUT2D eigenvalue weighted by Crippen LogP contribution is 1.93. The van der Waals surface area contributed by atoms with Crippen LogP contribution in [0.4, 0.5) is 0 Å². The average Bonchev–Trinajstić information content (AvgIpc) is 2.82. The van der Waals surface area contributed by atoms with E-state index in [4.69, 9.17) is 4.74 Å². The van der Waals surface area contributed by atoms with Crippen LogP contribution in [0, 0.1) is 0 Å². The summed E-state index contributed by atoms with van der Waals surface area (Å²) in [5.74, 6) is -0.0902. The Morgan fingerprint density at radius 2 is 2.33 bits per heavy atom. The van der Waals surface area contributed by atoms with Gasteiger partial charge in [0.05, 0.1) is 19.8 Å². The summed E-state index contributed by atoms with van der Waals surface area (Å²) < 4.78 is 6.93. The Balaban J connectivity index is 1.61. The van der Waals surface area contributed by atoms with E-state index in [9.17, 15) is 4.79 Å². The Hall–Kier alpha value is -1.40. The molecule has 2 N–H and O–H groups in total. The molecule has 1 aromatic rings. The van der Waals surface area contributed by atoms with Crippen molar-refractivity contribution < 1.29 is 14.4 Å². The van der Waals surface area contributed by atoms with Gasteiger partial charge in [0.1, 0.15) is 18.8 Å². The van der Waals surface area contributed by atoms with Gasteiger partial charge in [0, 0.05) is 26.2 Å². The van der Waals surface area contributed by atoms with Crippen molar-refractivity contribution in [2.75, 3.05) is 39.4 Å². The maximum Gasteiger partial charge on any atom is 0.271 e. The molecule has 18 heavy (non-hydrogen) atoms. The Kier molecular flexibility index (Phi) is 4.72. The first-order valence-corrected chi connectivity index (χ1v) is 6.45. The molecule has 2 heterocycles. The predicted octanol–water partition coefficient (Wildman–Crippen LogP) is -1.54. The van der Waals surface area contributed by atoms with Crippen molar-refractivity contribution >= 4 is 5.91 Å². The highest BCUT2D eigenvalue weighted by molar-refractivity contribution is 5.92. The summed E-state index contributed by atoms with van der Waals surface area (Å²) in [7, 11) is 1.80. The van der Waals surface area contributed by atoms with Gasteiger partial charge in [0.2, 0.25) is 0 Å². The van der Waals surface area contributed by atoms with Gasteiger partial charge in [-0.1, -0.05) is 0 Å². The normalized spacial score (nSPS) is 16.7. The van der Waals surface area contributed by atoms with E-state index in [1.54, 1.807) is 28.9 Å². The molecule has 0 bridgehead atoms. The fraction of sp³-hybridized carbons (Fsp3) is 0.667. The maximum absolute atomic E-state index is 11.7. The number of amides is 1. The zero-order valence-electron chi connectivity index (χ0n) is 10.8. The number of hydrogen-bond acceptors (Lipinski definition) is 3. The summed E-state index contributed by atoms with van der Waals surface area (Å²) in [6, 6.07) is 1.72. The van der Waals surface area contributed by atoms with Gasteiger partial charge in [0.25, 0.3) is 5.91 Å². The lowest BCUT2D eigenvalue weighted by atomic mass is 10.3. The number of quaternary nitrogens is 1. The molecular weight excluding hydrogens is 232 g/mol. The summed E-state index contributed by atoms with van der Waals surface area (Å²) >= 11 is 0. The molecular formula is C12H21N4O2+. The van der Waals surface area contributed by atoms with Gasteiger partial charge in [-0.25, -0.2) is 0 Å². The second-order valence-electron chi connectivity index (χ2n) is 4.60. The lowest BCUT2D eigenvalue weighted by molar-refractivity contribution is -0.908. The molecule has 0 aliphatic carbocycles. The predicted molar refractivity (Wildman–Crippen MR) is 66.5 cm³/mol. The largest absolute Gasteiger partial charge is 0.370 e. The first-order chi connectivity index (χ1) is 8.75. The number of ether oxygens (including phenoxy) is 1. The second kappa shape index (κ2) is 6.51. The molecule has 1 saturated heterocycles. The number of nitrogens with zero attached hydrogens (tertiary/aromatic N) is 2. The molecule has 1 fully saturated rings. The fourth-order valence-corrected chi connectivity index (χ4v) is 2.08. The van der Waals surface area contributed by atoms with Crippen molar-refractivity contribution in [1.29, 1.82) is 0 Å². The highest BCUT2D eigenvalue weighted by Gasteiger charge is 2.13. The van der Waals surface area contributed by atoms with E-state index < -0.39 is 0 Å². The third-order valence-electron chi connectivity index (χ3n) is 3.14. The first kappa shape index (κ1) is 13.0. The van der Waals surface area contributed by atoms with E-state index in [2.05, 4.69) is 10.4 Å². The number of morpholine rings is 1. The molecule has 0 saturated carbocycles. The average molecular weight is 253 g/mol. The molecule has 100 valence electrons. The summed E-state index contributed by atoms with van der Waals surface area (Å²) in [6.45, 7) is 5.67. The van der Waals surface area contributed by atoms with Gasteiger partial charge in [-0.15, -0.1) is 0 Å². The molecule has 0 aromatic carbocycles. The van der Waals surface area contributed by atoms with Gasteiger partial charge < -0.3 is 15.0 Å². The monoisotopic (exact) mass is 253 g/mol. The Bertz CT molecular complexity index is 385. The maximum atomic E-state index is 11.7. The molecule has 1 aromatic heterocycles. The number of carbonyl (C=O) groups excluding carboxylic acids is 1. The highest BCUT2D eigenvalue weighted by atomic mass is 16.5. The number of rotatable bonds is 5. The molecule has 1 aliphatic heterocycles. The Labute approximate surface area is 107 Å². The number of aromatic nitrogens is 2. The first-order valence-electron chi connectivity index (χ1n) is 6.45. The van der Waals surface area contributed by atoms with Crippen LogP contribution >= 0.6 is 0 Å². The van der Waals surface area contributed by atoms with Crippen molar-refractivity contribution in [3.8, 4) is 0 Å². The van der Waals surface area contributed by atoms with Crippen LogP contribution in [0.5, 0.6) is 0 Å². The fourth-order valence-electron chi connectivity index (χ4n) is 2.08. The SMILES string of the molecule is Cn1ccc(C(=O)NCCC[NH+]2CCOCC2)n1. The summed E-state index contributed by atoms with van der Waals surface area (Å²) in [5.41, 5.74) is 0.483. The molecule has 1 aliphatic rings. The van der Waals surface area contributed by atoms with Gasteiger partial charge in [-0.3, -0.25) is 9.48 Å². The van der Waals surface area contributed by atoms with Crippen molar-refractivity contribution in [2.24, 2.45) is 7.05 Å². The minimum Gasteiger partial charge on any atom is -0.370 e. The van der Waals surface area contributed by atoms with Gasteiger partial charge >= 0.3 is 0 Å². The molecule has 0 spiro atoms. The van der Waals surface area contributed by atoms with E-state index >= 15 is 0 Å². The van der Waals surface area contributed by atoms with Crippen molar-refractivity contribution in [2.45, 2.75) is 6.42 Å². The quantitative estimate of drug-likeness (QED) is 0.625. The van der Waals surface area contributed by atoms with Crippen molar-refractivity contribution in [3.63, 3.8) is 0 Å². The molecule has 2 rings (SSSR count). The third kappa shape index (κ3) is 3.82. The van der Waals surface area contributed by atoms with Crippen LogP contribution in [0.1, 0.15) is 16.9 Å². The molecule has 0 atom stereocenters. The number of nitrogens with one attached hydrogen (secondary N) is 2. The molecule has 1 amide bonds. The zero-order valence-corrected chi connectivity index (χ0v) is 10.8. The van der Waals surface area contributed by atoms with E-state index in [0.717, 1.165) is 39.3 Å². The lowest BCUT2D eigenvalue weighted by Gasteiger charge is -2.23. The van der Waals surface area contributed by atoms with Crippen LogP contribution < -0.4 is 10.2 Å². The van der Waals surface area contributed by atoms with Crippen LogP contribution in [0.25, 0.3) is 0 Å². The van der Waals surface area contributed by atoms with Crippen molar-refractivity contribution in [1.82, 2.24) is 15.1 Å². The van der Waals surface area contributed by atoms with Crippen LogP contribution in [0.2, 0.25) is 0 Å². The van der Waals surface area contributed by atoms with Crippen LogP contribution in [-0.4, -0.2) is 55.1 Å². The van der Waals surface area contributed by atoms with E-state index in [1.807, 2.05) is 0 Å². The standard InChI is InChI=1S/C12H20N4O2/c1-15-6-3-11(14-15)12(17)13-4-2-5-16-7-9-18-10-8-16/h3,6H,2,4-5,7-10H2,1H3,(H,13,17)/p+1. The summed E-state index contributed by atoms with van der Waals surface area (Å²) in [5, 5.41) is 6.95. The Morgan fingerprint density at radius 3 is 3.00 bits per heavy atom. The summed E-state index contributed by atoms with van der Waals surface area (Å²) in [6.07, 6.45) is 2.76. The van der Waals surface area contributed by atoms with Gasteiger partial charge in [0.15, 0.2) is 0 Å². The van der Waals surface area contributed by atoms with Crippen molar-refractivity contribution in [3.05, 3.63) is 18.0 Å². The Morgan fingerprint density at radius 1 is 1.56 bits per heavy atom. The van der Waals surface area contributed by atoms with Gasteiger partial charge in [-0.05, 0) is 6.07 Å². The minimum atomic E-state index is -0.0902. The minimum absolute atomic E-state index is 0.0902. The lowest BCUT2D eigenvalue weighted by Crippen LogP contribution is -3.14. The second-order valence-corrected chi connectivity index (χ2v) is 4.60. The molecule has 6 heteroatoms. The summed E-state index contributed by atoms with van der Waals surface area (Å²) in [4.78, 5) is 13.3.